The summed E-state index contributed by atoms with van der Waals surface area (Å²) in [6, 6.07) is 0.438. The van der Waals surface area contributed by atoms with Crippen LogP contribution in [0.2, 0.25) is 0 Å². The number of amides is 1. The fraction of sp³-hybridized carbons (Fsp3) is 0.917. The van der Waals surface area contributed by atoms with Gasteiger partial charge in [0.15, 0.2) is 0 Å². The van der Waals surface area contributed by atoms with Crippen LogP contribution >= 0.6 is 0 Å². The average Bonchev–Trinajstić information content (AvgIpc) is 2.29. The van der Waals surface area contributed by atoms with Crippen molar-refractivity contribution in [3.63, 3.8) is 0 Å². The van der Waals surface area contributed by atoms with E-state index in [1.807, 2.05) is 0 Å². The van der Waals surface area contributed by atoms with Crippen molar-refractivity contribution >= 4 is 5.91 Å². The number of nitrogens with zero attached hydrogens (tertiary/aromatic N) is 1. The number of rotatable bonds is 5. The monoisotopic (exact) mass is 212 g/mol. The van der Waals surface area contributed by atoms with Gasteiger partial charge in [-0.25, -0.2) is 0 Å². The predicted molar refractivity (Wildman–Crippen MR) is 62.8 cm³/mol. The summed E-state index contributed by atoms with van der Waals surface area (Å²) in [7, 11) is 0. The first-order chi connectivity index (χ1) is 7.29. The van der Waals surface area contributed by atoms with Gasteiger partial charge in [-0.2, -0.15) is 0 Å². The van der Waals surface area contributed by atoms with E-state index in [9.17, 15) is 4.79 Å². The van der Waals surface area contributed by atoms with E-state index >= 15 is 0 Å². The zero-order valence-electron chi connectivity index (χ0n) is 10.1. The second kappa shape index (κ2) is 6.83. The molecule has 88 valence electrons. The molecule has 1 saturated heterocycles. The number of carbonyl (C=O) groups excluding carboxylic acids is 1. The molecule has 3 heteroatoms. The number of unbranched alkanes of at least 4 members (excludes halogenated alkanes) is 1. The number of carbonyl (C=O) groups is 1. The molecule has 0 aliphatic carbocycles. The first-order valence-electron chi connectivity index (χ1n) is 6.29. The largest absolute Gasteiger partial charge is 0.339 e. The Morgan fingerprint density at radius 1 is 1.47 bits per heavy atom. The summed E-state index contributed by atoms with van der Waals surface area (Å²) in [6.45, 7) is 7.15. The standard InChI is InChI=1S/C12H24N2O/c1-3-5-8-12(15)14(4-2)11-7-6-9-13-10-11/h11,13H,3-10H2,1-2H3. The fourth-order valence-electron chi connectivity index (χ4n) is 2.21. The van der Waals surface area contributed by atoms with Gasteiger partial charge in [0, 0.05) is 25.6 Å². The molecule has 0 radical (unpaired) electrons. The van der Waals surface area contributed by atoms with E-state index in [1.165, 1.54) is 12.8 Å². The van der Waals surface area contributed by atoms with Crippen LogP contribution in [0.4, 0.5) is 0 Å². The minimum atomic E-state index is 0.341. The highest BCUT2D eigenvalue weighted by Gasteiger charge is 2.22. The van der Waals surface area contributed by atoms with Crippen LogP contribution in [0.1, 0.15) is 46.0 Å². The molecule has 0 aromatic heterocycles. The van der Waals surface area contributed by atoms with Crippen LogP contribution in [-0.4, -0.2) is 36.5 Å². The van der Waals surface area contributed by atoms with Gasteiger partial charge in [0.1, 0.15) is 0 Å². The molecule has 0 spiro atoms. The molecule has 1 fully saturated rings. The molecule has 1 aliphatic heterocycles. The van der Waals surface area contributed by atoms with Crippen molar-refractivity contribution in [3.8, 4) is 0 Å². The lowest BCUT2D eigenvalue weighted by molar-refractivity contribution is -0.133. The highest BCUT2D eigenvalue weighted by Crippen LogP contribution is 2.12. The van der Waals surface area contributed by atoms with E-state index in [4.69, 9.17) is 0 Å². The molecule has 1 unspecified atom stereocenters. The topological polar surface area (TPSA) is 32.3 Å². The minimum Gasteiger partial charge on any atom is -0.339 e. The Morgan fingerprint density at radius 3 is 2.80 bits per heavy atom. The van der Waals surface area contributed by atoms with Crippen molar-refractivity contribution < 1.29 is 4.79 Å². The third-order valence-corrected chi connectivity index (χ3v) is 3.12. The molecule has 1 amide bonds. The van der Waals surface area contributed by atoms with Gasteiger partial charge in [-0.15, -0.1) is 0 Å². The first-order valence-corrected chi connectivity index (χ1v) is 6.29. The summed E-state index contributed by atoms with van der Waals surface area (Å²) in [6.07, 6.45) is 5.21. The lowest BCUT2D eigenvalue weighted by Crippen LogP contribution is -2.48. The first kappa shape index (κ1) is 12.5. The summed E-state index contributed by atoms with van der Waals surface area (Å²) in [5.41, 5.74) is 0. The number of hydrogen-bond donors (Lipinski definition) is 1. The molecular weight excluding hydrogens is 188 g/mol. The van der Waals surface area contributed by atoms with Gasteiger partial charge in [-0.05, 0) is 32.7 Å². The Bertz CT molecular complexity index is 188. The van der Waals surface area contributed by atoms with Crippen LogP contribution < -0.4 is 5.32 Å². The zero-order chi connectivity index (χ0) is 11.1. The molecule has 0 aromatic rings. The second-order valence-corrected chi connectivity index (χ2v) is 4.28. The van der Waals surface area contributed by atoms with E-state index in [2.05, 4.69) is 24.1 Å². The van der Waals surface area contributed by atoms with E-state index in [-0.39, 0.29) is 0 Å². The summed E-state index contributed by atoms with van der Waals surface area (Å²) >= 11 is 0. The molecule has 1 heterocycles. The lowest BCUT2D eigenvalue weighted by Gasteiger charge is -2.34. The summed E-state index contributed by atoms with van der Waals surface area (Å²) < 4.78 is 0. The third kappa shape index (κ3) is 3.82. The van der Waals surface area contributed by atoms with E-state index in [0.29, 0.717) is 11.9 Å². The van der Waals surface area contributed by atoms with Crippen LogP contribution in [0, 0.1) is 0 Å². The van der Waals surface area contributed by atoms with E-state index < -0.39 is 0 Å². The van der Waals surface area contributed by atoms with Gasteiger partial charge in [0.2, 0.25) is 5.91 Å². The maximum absolute atomic E-state index is 11.9. The molecule has 3 nitrogen and oxygen atoms in total. The quantitative estimate of drug-likeness (QED) is 0.753. The Kier molecular flexibility index (Phi) is 5.69. The van der Waals surface area contributed by atoms with Crippen LogP contribution in [0.25, 0.3) is 0 Å². The van der Waals surface area contributed by atoms with Gasteiger partial charge in [-0.3, -0.25) is 4.79 Å². The number of nitrogens with one attached hydrogen (secondary N) is 1. The molecule has 0 aromatic carbocycles. The molecule has 1 rings (SSSR count). The van der Waals surface area contributed by atoms with Crippen LogP contribution in [0.3, 0.4) is 0 Å². The van der Waals surface area contributed by atoms with Gasteiger partial charge in [-0.1, -0.05) is 13.3 Å². The molecule has 1 aliphatic rings. The summed E-state index contributed by atoms with van der Waals surface area (Å²) in [4.78, 5) is 14.0. The highest BCUT2D eigenvalue weighted by molar-refractivity contribution is 5.76. The van der Waals surface area contributed by atoms with Crippen molar-refractivity contribution in [2.24, 2.45) is 0 Å². The number of likely N-dealkylation sites (N-methyl/N-ethyl adjacent to an activating group) is 1. The molecule has 1 N–H and O–H groups in total. The smallest absolute Gasteiger partial charge is 0.222 e. The van der Waals surface area contributed by atoms with Crippen molar-refractivity contribution in [2.45, 2.75) is 52.0 Å². The normalized spacial score (nSPS) is 21.3. The maximum atomic E-state index is 11.9. The highest BCUT2D eigenvalue weighted by atomic mass is 16.2. The van der Waals surface area contributed by atoms with Crippen molar-refractivity contribution in [2.75, 3.05) is 19.6 Å². The molecular formula is C12H24N2O. The summed E-state index contributed by atoms with van der Waals surface area (Å²) in [5.74, 6) is 0.341. The lowest BCUT2D eigenvalue weighted by atomic mass is 10.1. The maximum Gasteiger partial charge on any atom is 0.222 e. The fourth-order valence-corrected chi connectivity index (χ4v) is 2.21. The number of hydrogen-bond acceptors (Lipinski definition) is 2. The summed E-state index contributed by atoms with van der Waals surface area (Å²) in [5, 5.41) is 3.37. The predicted octanol–water partition coefficient (Wildman–Crippen LogP) is 1.78. The van der Waals surface area contributed by atoms with E-state index in [1.54, 1.807) is 0 Å². The molecule has 1 atom stereocenters. The van der Waals surface area contributed by atoms with Gasteiger partial charge >= 0.3 is 0 Å². The Labute approximate surface area is 93.2 Å². The Morgan fingerprint density at radius 2 is 2.27 bits per heavy atom. The Balaban J connectivity index is 2.41. The second-order valence-electron chi connectivity index (χ2n) is 4.28. The van der Waals surface area contributed by atoms with Crippen molar-refractivity contribution in [1.29, 1.82) is 0 Å². The third-order valence-electron chi connectivity index (χ3n) is 3.12. The number of piperidine rings is 1. The van der Waals surface area contributed by atoms with Crippen LogP contribution in [-0.2, 0) is 4.79 Å². The van der Waals surface area contributed by atoms with Gasteiger partial charge < -0.3 is 10.2 Å². The van der Waals surface area contributed by atoms with Gasteiger partial charge in [0.05, 0.1) is 0 Å². The van der Waals surface area contributed by atoms with Gasteiger partial charge in [0.25, 0.3) is 0 Å². The van der Waals surface area contributed by atoms with Crippen LogP contribution in [0.5, 0.6) is 0 Å². The minimum absolute atomic E-state index is 0.341. The van der Waals surface area contributed by atoms with E-state index in [0.717, 1.165) is 38.9 Å². The SMILES string of the molecule is CCCCC(=O)N(CC)C1CCCNC1. The molecule has 0 saturated carbocycles. The zero-order valence-corrected chi connectivity index (χ0v) is 10.1. The average molecular weight is 212 g/mol. The van der Waals surface area contributed by atoms with Crippen LogP contribution in [0.15, 0.2) is 0 Å². The molecule has 15 heavy (non-hydrogen) atoms. The van der Waals surface area contributed by atoms with Crippen molar-refractivity contribution in [3.05, 3.63) is 0 Å². The molecule has 0 bridgehead atoms. The Hall–Kier alpha value is -0.570. The van der Waals surface area contributed by atoms with Crippen molar-refractivity contribution in [1.82, 2.24) is 10.2 Å².